The Bertz CT molecular complexity index is 996. The smallest absolute Gasteiger partial charge is 0.409 e. The molecule has 33 heavy (non-hydrogen) atoms. The molecule has 3 aromatic rings. The van der Waals surface area contributed by atoms with Gasteiger partial charge in [-0.05, 0) is 41.5 Å². The third-order valence-electron chi connectivity index (χ3n) is 4.76. The van der Waals surface area contributed by atoms with Crippen LogP contribution in [0.1, 0.15) is 11.1 Å². The average Bonchev–Trinajstić information content (AvgIpc) is 2.83. The summed E-state index contributed by atoms with van der Waals surface area (Å²) in [6.45, 7) is 0.0804. The number of pyridine rings is 1. The number of ether oxygens (including phenoxy) is 4. The minimum Gasteiger partial charge on any atom is -0.497 e. The van der Waals surface area contributed by atoms with Crippen molar-refractivity contribution in [3.63, 3.8) is 0 Å². The zero-order chi connectivity index (χ0) is 23.5. The summed E-state index contributed by atoms with van der Waals surface area (Å²) < 4.78 is 22.0. The van der Waals surface area contributed by atoms with Crippen molar-refractivity contribution in [1.29, 1.82) is 0 Å². The number of benzene rings is 2. The highest BCUT2D eigenvalue weighted by Gasteiger charge is 2.15. The van der Waals surface area contributed by atoms with Gasteiger partial charge in [0, 0.05) is 45.0 Å². The van der Waals surface area contributed by atoms with Crippen molar-refractivity contribution >= 4 is 11.8 Å². The van der Waals surface area contributed by atoms with Gasteiger partial charge in [0.05, 0.1) is 7.11 Å². The molecule has 0 aliphatic carbocycles. The van der Waals surface area contributed by atoms with Crippen LogP contribution in [0.2, 0.25) is 0 Å². The molecule has 0 bridgehead atoms. The predicted molar refractivity (Wildman–Crippen MR) is 125 cm³/mol. The second kappa shape index (κ2) is 12.3. The number of amides is 1. The lowest BCUT2D eigenvalue weighted by molar-refractivity contribution is -0.137. The number of carbonyl (C=O) groups is 1. The second-order valence-corrected chi connectivity index (χ2v) is 7.40. The van der Waals surface area contributed by atoms with E-state index >= 15 is 0 Å². The number of rotatable bonds is 11. The maximum Gasteiger partial charge on any atom is 0.409 e. The van der Waals surface area contributed by atoms with E-state index in [1.54, 1.807) is 25.4 Å². The molecule has 1 unspecified atom stereocenters. The first kappa shape index (κ1) is 23.9. The minimum absolute atomic E-state index is 0.271. The fraction of sp³-hybridized carbons (Fsp3) is 0.280. The second-order valence-electron chi connectivity index (χ2n) is 7.40. The van der Waals surface area contributed by atoms with Crippen LogP contribution in [-0.4, -0.2) is 45.4 Å². The van der Waals surface area contributed by atoms with Gasteiger partial charge in [0.1, 0.15) is 5.75 Å². The first-order chi connectivity index (χ1) is 16.0. The molecule has 0 radical (unpaired) electrons. The molecule has 3 rings (SSSR count). The van der Waals surface area contributed by atoms with Crippen molar-refractivity contribution in [3.05, 3.63) is 84.1 Å². The van der Waals surface area contributed by atoms with Crippen LogP contribution in [0.3, 0.4) is 0 Å². The summed E-state index contributed by atoms with van der Waals surface area (Å²) in [6, 6.07) is 20.8. The van der Waals surface area contributed by atoms with Gasteiger partial charge in [-0.25, -0.2) is 9.78 Å². The molecule has 1 amide bonds. The van der Waals surface area contributed by atoms with Gasteiger partial charge in [-0.3, -0.25) is 0 Å². The van der Waals surface area contributed by atoms with Crippen LogP contribution in [0.4, 0.5) is 10.5 Å². The standard InChI is InChI=1S/C25H29N3O5/c1-28(2)21-12-10-19(11-13-21)17-27-25(29)32-18-31-24(33-23-9-4-5-14-26-23)16-20-7-6-8-22(15-20)30-3/h4-15,24H,16-18H2,1-3H3,(H,27,29). The number of aromatic nitrogens is 1. The number of nitrogens with zero attached hydrogens (tertiary/aromatic N) is 2. The van der Waals surface area contributed by atoms with Crippen molar-refractivity contribution < 1.29 is 23.7 Å². The van der Waals surface area contributed by atoms with Crippen LogP contribution in [0.5, 0.6) is 11.6 Å². The highest BCUT2D eigenvalue weighted by atomic mass is 16.8. The Hall–Kier alpha value is -3.78. The Labute approximate surface area is 194 Å². The molecule has 0 saturated heterocycles. The highest BCUT2D eigenvalue weighted by molar-refractivity contribution is 5.67. The van der Waals surface area contributed by atoms with E-state index in [4.69, 9.17) is 18.9 Å². The topological polar surface area (TPSA) is 82.2 Å². The highest BCUT2D eigenvalue weighted by Crippen LogP contribution is 2.17. The fourth-order valence-electron chi connectivity index (χ4n) is 2.98. The molecule has 1 aromatic heterocycles. The summed E-state index contributed by atoms with van der Waals surface area (Å²) in [5, 5.41) is 2.71. The van der Waals surface area contributed by atoms with Gasteiger partial charge in [-0.1, -0.05) is 30.3 Å². The third kappa shape index (κ3) is 8.01. The molecule has 0 aliphatic rings. The van der Waals surface area contributed by atoms with E-state index in [9.17, 15) is 4.79 Å². The maximum absolute atomic E-state index is 12.1. The monoisotopic (exact) mass is 451 g/mol. The van der Waals surface area contributed by atoms with Crippen molar-refractivity contribution in [1.82, 2.24) is 10.3 Å². The van der Waals surface area contributed by atoms with E-state index in [2.05, 4.69) is 10.3 Å². The summed E-state index contributed by atoms with van der Waals surface area (Å²) in [6.07, 6.45) is 0.757. The molecule has 8 heteroatoms. The molecule has 0 spiro atoms. The Balaban J connectivity index is 1.50. The van der Waals surface area contributed by atoms with Crippen LogP contribution < -0.4 is 19.7 Å². The van der Waals surface area contributed by atoms with Gasteiger partial charge in [0.2, 0.25) is 12.2 Å². The van der Waals surface area contributed by atoms with Gasteiger partial charge >= 0.3 is 6.09 Å². The van der Waals surface area contributed by atoms with E-state index in [0.29, 0.717) is 18.8 Å². The fourth-order valence-corrected chi connectivity index (χ4v) is 2.98. The Morgan fingerprint density at radius 3 is 2.55 bits per heavy atom. The quantitative estimate of drug-likeness (QED) is 0.441. The first-order valence-corrected chi connectivity index (χ1v) is 10.5. The van der Waals surface area contributed by atoms with Crippen LogP contribution in [0.25, 0.3) is 0 Å². The van der Waals surface area contributed by atoms with Crippen LogP contribution >= 0.6 is 0 Å². The number of carbonyl (C=O) groups excluding carboxylic acids is 1. The van der Waals surface area contributed by atoms with E-state index in [1.165, 1.54) is 0 Å². The Morgan fingerprint density at radius 1 is 1.03 bits per heavy atom. The number of anilines is 1. The third-order valence-corrected chi connectivity index (χ3v) is 4.76. The summed E-state index contributed by atoms with van der Waals surface area (Å²) in [4.78, 5) is 18.3. The SMILES string of the molecule is COc1cccc(CC(OCOC(=O)NCc2ccc(N(C)C)cc2)Oc2ccccn2)c1. The molecular formula is C25H29N3O5. The Kier molecular flexibility index (Phi) is 8.90. The van der Waals surface area contributed by atoms with Gasteiger partial charge in [-0.15, -0.1) is 0 Å². The zero-order valence-corrected chi connectivity index (χ0v) is 19.1. The van der Waals surface area contributed by atoms with Crippen molar-refractivity contribution in [2.75, 3.05) is 32.9 Å². The van der Waals surface area contributed by atoms with Gasteiger partial charge < -0.3 is 29.2 Å². The summed E-state index contributed by atoms with van der Waals surface area (Å²) >= 11 is 0. The Morgan fingerprint density at radius 2 is 1.85 bits per heavy atom. The van der Waals surface area contributed by atoms with Gasteiger partial charge in [0.15, 0.2) is 6.79 Å². The molecule has 1 atom stereocenters. The van der Waals surface area contributed by atoms with E-state index < -0.39 is 12.4 Å². The van der Waals surface area contributed by atoms with Gasteiger partial charge in [-0.2, -0.15) is 0 Å². The molecule has 0 saturated carbocycles. The molecule has 0 fully saturated rings. The minimum atomic E-state index is -0.710. The molecule has 1 heterocycles. The van der Waals surface area contributed by atoms with Crippen molar-refractivity contribution in [2.24, 2.45) is 0 Å². The molecule has 8 nitrogen and oxygen atoms in total. The van der Waals surface area contributed by atoms with E-state index in [1.807, 2.05) is 73.6 Å². The number of nitrogens with one attached hydrogen (secondary N) is 1. The van der Waals surface area contributed by atoms with Crippen molar-refractivity contribution in [3.8, 4) is 11.6 Å². The summed E-state index contributed by atoms with van der Waals surface area (Å²) in [7, 11) is 5.56. The lowest BCUT2D eigenvalue weighted by Crippen LogP contribution is -2.29. The molecule has 0 aliphatic heterocycles. The lowest BCUT2D eigenvalue weighted by Gasteiger charge is -2.19. The van der Waals surface area contributed by atoms with E-state index in [-0.39, 0.29) is 6.79 Å². The predicted octanol–water partition coefficient (Wildman–Crippen LogP) is 4.00. The van der Waals surface area contributed by atoms with Crippen LogP contribution in [0, 0.1) is 0 Å². The lowest BCUT2D eigenvalue weighted by atomic mass is 10.1. The number of hydrogen-bond acceptors (Lipinski definition) is 7. The maximum atomic E-state index is 12.1. The van der Waals surface area contributed by atoms with Gasteiger partial charge in [0.25, 0.3) is 0 Å². The van der Waals surface area contributed by atoms with Crippen LogP contribution in [-0.2, 0) is 22.4 Å². The largest absolute Gasteiger partial charge is 0.497 e. The van der Waals surface area contributed by atoms with E-state index in [0.717, 1.165) is 22.6 Å². The summed E-state index contributed by atoms with van der Waals surface area (Å²) in [5.74, 6) is 1.15. The average molecular weight is 452 g/mol. The molecule has 174 valence electrons. The van der Waals surface area contributed by atoms with Crippen molar-refractivity contribution in [2.45, 2.75) is 19.3 Å². The number of alkyl carbamates (subject to hydrolysis) is 1. The summed E-state index contributed by atoms with van der Waals surface area (Å²) in [5.41, 5.74) is 3.00. The number of methoxy groups -OCH3 is 1. The first-order valence-electron chi connectivity index (χ1n) is 10.5. The normalized spacial score (nSPS) is 11.4. The van der Waals surface area contributed by atoms with Crippen LogP contribution in [0.15, 0.2) is 72.9 Å². The molecule has 1 N–H and O–H groups in total. The zero-order valence-electron chi connectivity index (χ0n) is 19.1. The molecule has 2 aromatic carbocycles. The molecular weight excluding hydrogens is 422 g/mol. The number of hydrogen-bond donors (Lipinski definition) is 1.